The Balaban J connectivity index is 1.57. The molecule has 1 unspecified atom stereocenters. The highest BCUT2D eigenvalue weighted by Gasteiger charge is 2.17. The van der Waals surface area contributed by atoms with E-state index in [1.165, 1.54) is 30.6 Å². The number of nitrogens with zero attached hydrogens (tertiary/aromatic N) is 2. The van der Waals surface area contributed by atoms with Crippen LogP contribution in [0.3, 0.4) is 0 Å². The molecule has 1 fully saturated rings. The normalized spacial score (nSPS) is 16.6. The fourth-order valence-corrected chi connectivity index (χ4v) is 3.94. The molecule has 1 amide bonds. The third kappa shape index (κ3) is 3.71. The molecule has 0 aliphatic heterocycles. The van der Waals surface area contributed by atoms with Gasteiger partial charge >= 0.3 is 0 Å². The molecule has 0 saturated heterocycles. The van der Waals surface area contributed by atoms with Crippen LogP contribution in [-0.4, -0.2) is 20.7 Å². The van der Waals surface area contributed by atoms with Crippen molar-refractivity contribution >= 4 is 23.4 Å². The Morgan fingerprint density at radius 3 is 2.68 bits per heavy atom. The van der Waals surface area contributed by atoms with Gasteiger partial charge in [0, 0.05) is 28.2 Å². The Bertz CT molecular complexity index is 603. The van der Waals surface area contributed by atoms with Gasteiger partial charge in [-0.05, 0) is 44.0 Å². The van der Waals surface area contributed by atoms with E-state index < -0.39 is 0 Å². The lowest BCUT2D eigenvalue weighted by molar-refractivity contribution is -0.118. The van der Waals surface area contributed by atoms with Crippen molar-refractivity contribution in [3.8, 4) is 0 Å². The van der Waals surface area contributed by atoms with Crippen molar-refractivity contribution in [3.63, 3.8) is 0 Å². The summed E-state index contributed by atoms with van der Waals surface area (Å²) in [4.78, 5) is 17.5. The average molecular weight is 315 g/mol. The highest BCUT2D eigenvalue weighted by atomic mass is 32.2. The number of benzene rings is 1. The fourth-order valence-electron chi connectivity index (χ4n) is 2.70. The summed E-state index contributed by atoms with van der Waals surface area (Å²) in [6, 6.07) is 7.89. The molecule has 1 saturated carbocycles. The molecule has 5 heteroatoms. The third-order valence-corrected chi connectivity index (χ3v) is 5.43. The Labute approximate surface area is 135 Å². The van der Waals surface area contributed by atoms with E-state index in [4.69, 9.17) is 0 Å². The van der Waals surface area contributed by atoms with E-state index in [0.717, 1.165) is 10.9 Å². The number of nitrogens with one attached hydrogen (secondary N) is 1. The predicted molar refractivity (Wildman–Crippen MR) is 90.1 cm³/mol. The lowest BCUT2D eigenvalue weighted by Crippen LogP contribution is -2.22. The molecule has 0 radical (unpaired) electrons. The quantitative estimate of drug-likeness (QED) is 0.903. The van der Waals surface area contributed by atoms with Crippen molar-refractivity contribution in [1.82, 2.24) is 9.55 Å². The molecular formula is C17H21N3OS. The van der Waals surface area contributed by atoms with Crippen LogP contribution in [0.15, 0.2) is 47.9 Å². The van der Waals surface area contributed by atoms with Crippen molar-refractivity contribution in [1.29, 1.82) is 0 Å². The van der Waals surface area contributed by atoms with Crippen molar-refractivity contribution in [2.75, 3.05) is 5.32 Å². The number of carbonyl (C=O) groups excluding carboxylic acids is 1. The molecule has 3 rings (SSSR count). The SMILES string of the molecule is CC(C(=O)Nc1ccc(SC2CCCC2)cc1)n1ccnc1. The van der Waals surface area contributed by atoms with Crippen LogP contribution in [0.1, 0.15) is 38.6 Å². The van der Waals surface area contributed by atoms with E-state index in [9.17, 15) is 4.79 Å². The summed E-state index contributed by atoms with van der Waals surface area (Å²) in [5.74, 6) is -0.0332. The van der Waals surface area contributed by atoms with E-state index in [-0.39, 0.29) is 11.9 Å². The highest BCUT2D eigenvalue weighted by molar-refractivity contribution is 8.00. The van der Waals surface area contributed by atoms with Gasteiger partial charge in [-0.3, -0.25) is 4.79 Å². The highest BCUT2D eigenvalue weighted by Crippen LogP contribution is 2.34. The van der Waals surface area contributed by atoms with Crippen LogP contribution in [-0.2, 0) is 4.79 Å². The van der Waals surface area contributed by atoms with Gasteiger partial charge in [-0.15, -0.1) is 11.8 Å². The summed E-state index contributed by atoms with van der Waals surface area (Å²) in [6.45, 7) is 1.86. The first-order valence-corrected chi connectivity index (χ1v) is 8.65. The van der Waals surface area contributed by atoms with Gasteiger partial charge in [0.05, 0.1) is 6.33 Å². The number of amides is 1. The predicted octanol–water partition coefficient (Wildman–Crippen LogP) is 4.12. The monoisotopic (exact) mass is 315 g/mol. The first-order valence-electron chi connectivity index (χ1n) is 7.77. The Morgan fingerprint density at radius 1 is 1.32 bits per heavy atom. The minimum atomic E-state index is -0.268. The molecule has 0 spiro atoms. The first kappa shape index (κ1) is 15.2. The molecule has 1 heterocycles. The maximum atomic E-state index is 12.2. The lowest BCUT2D eigenvalue weighted by atomic mass is 10.2. The molecule has 22 heavy (non-hydrogen) atoms. The van der Waals surface area contributed by atoms with Crippen LogP contribution in [0.5, 0.6) is 0 Å². The number of imidazole rings is 1. The summed E-state index contributed by atoms with van der Waals surface area (Å²) in [5, 5.41) is 3.72. The van der Waals surface area contributed by atoms with Gasteiger partial charge in [-0.2, -0.15) is 0 Å². The zero-order chi connectivity index (χ0) is 15.4. The van der Waals surface area contributed by atoms with Gasteiger partial charge in [-0.1, -0.05) is 12.8 Å². The van der Waals surface area contributed by atoms with Gasteiger partial charge in [0.1, 0.15) is 6.04 Å². The summed E-state index contributed by atoms with van der Waals surface area (Å²) in [6.07, 6.45) is 10.5. The van der Waals surface area contributed by atoms with E-state index in [0.29, 0.717) is 0 Å². The number of aromatic nitrogens is 2. The molecule has 1 aromatic heterocycles. The minimum absolute atomic E-state index is 0.0332. The molecule has 1 N–H and O–H groups in total. The smallest absolute Gasteiger partial charge is 0.247 e. The van der Waals surface area contributed by atoms with Crippen molar-refractivity contribution < 1.29 is 4.79 Å². The fraction of sp³-hybridized carbons (Fsp3) is 0.412. The summed E-state index contributed by atoms with van der Waals surface area (Å²) < 4.78 is 1.79. The van der Waals surface area contributed by atoms with Gasteiger partial charge in [0.15, 0.2) is 0 Å². The number of hydrogen-bond acceptors (Lipinski definition) is 3. The number of hydrogen-bond donors (Lipinski definition) is 1. The van der Waals surface area contributed by atoms with E-state index in [1.54, 1.807) is 23.3 Å². The second-order valence-electron chi connectivity index (χ2n) is 5.72. The molecule has 2 aromatic rings. The topological polar surface area (TPSA) is 46.9 Å². The van der Waals surface area contributed by atoms with Crippen molar-refractivity contribution in [2.24, 2.45) is 0 Å². The molecular weight excluding hydrogens is 294 g/mol. The molecule has 0 bridgehead atoms. The molecule has 4 nitrogen and oxygen atoms in total. The summed E-state index contributed by atoms with van der Waals surface area (Å²) in [7, 11) is 0. The minimum Gasteiger partial charge on any atom is -0.325 e. The van der Waals surface area contributed by atoms with Crippen LogP contribution in [0.25, 0.3) is 0 Å². The van der Waals surface area contributed by atoms with Crippen LogP contribution in [0, 0.1) is 0 Å². The molecule has 1 aliphatic rings. The Morgan fingerprint density at radius 2 is 2.05 bits per heavy atom. The number of thioether (sulfide) groups is 1. The van der Waals surface area contributed by atoms with E-state index >= 15 is 0 Å². The van der Waals surface area contributed by atoms with Crippen LogP contribution < -0.4 is 5.32 Å². The van der Waals surface area contributed by atoms with Crippen LogP contribution in [0.4, 0.5) is 5.69 Å². The Kier molecular flexibility index (Phi) is 4.83. The third-order valence-electron chi connectivity index (χ3n) is 4.08. The maximum Gasteiger partial charge on any atom is 0.247 e. The van der Waals surface area contributed by atoms with Crippen LogP contribution in [0.2, 0.25) is 0 Å². The van der Waals surface area contributed by atoms with E-state index in [1.807, 2.05) is 30.8 Å². The van der Waals surface area contributed by atoms with Gasteiger partial charge in [-0.25, -0.2) is 4.98 Å². The Hall–Kier alpha value is -1.75. The summed E-state index contributed by atoms with van der Waals surface area (Å²) in [5.41, 5.74) is 0.840. The zero-order valence-corrected chi connectivity index (χ0v) is 13.6. The average Bonchev–Trinajstić information content (AvgIpc) is 3.21. The second kappa shape index (κ2) is 7.01. The zero-order valence-electron chi connectivity index (χ0n) is 12.7. The van der Waals surface area contributed by atoms with Crippen LogP contribution >= 0.6 is 11.8 Å². The number of anilines is 1. The lowest BCUT2D eigenvalue weighted by Gasteiger charge is -2.14. The molecule has 1 aliphatic carbocycles. The van der Waals surface area contributed by atoms with E-state index in [2.05, 4.69) is 22.4 Å². The standard InChI is InChI=1S/C17H21N3OS/c1-13(20-11-10-18-12-20)17(21)19-14-6-8-16(9-7-14)22-15-4-2-3-5-15/h6-13,15H,2-5H2,1H3,(H,19,21). The van der Waals surface area contributed by atoms with Gasteiger partial charge in [0.2, 0.25) is 5.91 Å². The second-order valence-corrected chi connectivity index (χ2v) is 7.10. The largest absolute Gasteiger partial charge is 0.325 e. The van der Waals surface area contributed by atoms with Gasteiger partial charge in [0.25, 0.3) is 0 Å². The van der Waals surface area contributed by atoms with Gasteiger partial charge < -0.3 is 9.88 Å². The molecule has 1 atom stereocenters. The van der Waals surface area contributed by atoms with Crippen molar-refractivity contribution in [3.05, 3.63) is 43.0 Å². The molecule has 116 valence electrons. The maximum absolute atomic E-state index is 12.2. The number of rotatable bonds is 5. The molecule has 1 aromatic carbocycles. The number of carbonyl (C=O) groups is 1. The van der Waals surface area contributed by atoms with Crippen molar-refractivity contribution in [2.45, 2.75) is 48.8 Å². The first-order chi connectivity index (χ1) is 10.7. The summed E-state index contributed by atoms with van der Waals surface area (Å²) >= 11 is 1.96.